The summed E-state index contributed by atoms with van der Waals surface area (Å²) in [6, 6.07) is 1.26. The van der Waals surface area contributed by atoms with Crippen LogP contribution in [0.3, 0.4) is 0 Å². The number of alkyl carbamates (subject to hydrolysis) is 1. The fraction of sp³-hybridized carbons (Fsp3) is 0.462. The Kier molecular flexibility index (Phi) is 4.06. The van der Waals surface area contributed by atoms with Gasteiger partial charge in [0.2, 0.25) is 0 Å². The highest BCUT2D eigenvalue weighted by Crippen LogP contribution is 2.45. The molecule has 6 nitrogen and oxygen atoms in total. The number of hydrogen-bond donors (Lipinski definition) is 1. The van der Waals surface area contributed by atoms with E-state index in [2.05, 4.69) is 10.1 Å². The largest absolute Gasteiger partial charge is 0.496 e. The molecule has 1 amide bonds. The first-order valence-electron chi connectivity index (χ1n) is 6.04. The molecule has 1 aromatic carbocycles. The number of halogens is 2. The van der Waals surface area contributed by atoms with Crippen molar-refractivity contribution in [2.75, 3.05) is 27.9 Å². The number of cyclic esters (lactones) is 1. The van der Waals surface area contributed by atoms with Crippen LogP contribution in [0.15, 0.2) is 12.1 Å². The number of nitrogens with one attached hydrogen (secondary N) is 1. The molecular weight excluding hydrogens is 288 g/mol. The number of amides is 1. The van der Waals surface area contributed by atoms with E-state index in [1.807, 2.05) is 0 Å². The van der Waals surface area contributed by atoms with Crippen molar-refractivity contribution in [3.8, 4) is 17.2 Å². The smallest absolute Gasteiger partial charge is 0.408 e. The van der Waals surface area contributed by atoms with E-state index in [0.29, 0.717) is 5.75 Å². The van der Waals surface area contributed by atoms with Crippen LogP contribution in [0.2, 0.25) is 0 Å². The Hall–Kier alpha value is -2.25. The van der Waals surface area contributed by atoms with E-state index < -0.39 is 24.7 Å². The molecule has 8 heteroatoms. The molecule has 0 spiro atoms. The molecule has 1 N–H and O–H groups in total. The zero-order valence-electron chi connectivity index (χ0n) is 11.7. The maximum Gasteiger partial charge on any atom is 0.408 e. The quantitative estimate of drug-likeness (QED) is 0.923. The zero-order chi connectivity index (χ0) is 15.6. The zero-order valence-corrected chi connectivity index (χ0v) is 11.7. The van der Waals surface area contributed by atoms with Gasteiger partial charge in [0, 0.05) is 12.1 Å². The molecule has 0 aliphatic carbocycles. The van der Waals surface area contributed by atoms with Crippen molar-refractivity contribution < 1.29 is 32.5 Å². The molecule has 1 aromatic rings. The third-order valence-electron chi connectivity index (χ3n) is 3.12. The second kappa shape index (κ2) is 5.63. The first kappa shape index (κ1) is 15.1. The Morgan fingerprint density at radius 2 is 1.76 bits per heavy atom. The second-order valence-electron chi connectivity index (χ2n) is 4.36. The number of methoxy groups -OCH3 is 3. The lowest BCUT2D eigenvalue weighted by Gasteiger charge is -2.33. The summed E-state index contributed by atoms with van der Waals surface area (Å²) in [6.07, 6.45) is -0.925. The number of hydrogen-bond acceptors (Lipinski definition) is 5. The van der Waals surface area contributed by atoms with Crippen LogP contribution in [0.5, 0.6) is 17.2 Å². The molecule has 0 unspecified atom stereocenters. The lowest BCUT2D eigenvalue weighted by atomic mass is 9.97. The van der Waals surface area contributed by atoms with E-state index in [-0.39, 0.29) is 17.1 Å². The Bertz CT molecular complexity index is 524. The van der Waals surface area contributed by atoms with Crippen molar-refractivity contribution in [3.63, 3.8) is 0 Å². The summed E-state index contributed by atoms with van der Waals surface area (Å²) in [6.45, 7) is -1.01. The molecule has 0 aromatic heterocycles. The first-order chi connectivity index (χ1) is 9.92. The van der Waals surface area contributed by atoms with Gasteiger partial charge in [0.05, 0.1) is 26.9 Å². The lowest BCUT2D eigenvalue weighted by molar-refractivity contribution is -0.105. The summed E-state index contributed by atoms with van der Waals surface area (Å²) in [5.41, 5.74) is 0.0300. The molecule has 1 fully saturated rings. The normalized spacial score (nSPS) is 20.2. The van der Waals surface area contributed by atoms with Crippen LogP contribution in [0.25, 0.3) is 0 Å². The van der Waals surface area contributed by atoms with Gasteiger partial charge in [0.25, 0.3) is 0 Å². The third-order valence-corrected chi connectivity index (χ3v) is 3.12. The molecule has 21 heavy (non-hydrogen) atoms. The number of ether oxygens (including phenoxy) is 4. The van der Waals surface area contributed by atoms with E-state index in [1.165, 1.54) is 33.5 Å². The molecule has 1 heterocycles. The van der Waals surface area contributed by atoms with E-state index in [1.54, 1.807) is 0 Å². The monoisotopic (exact) mass is 303 g/mol. The minimum atomic E-state index is -3.30. The van der Waals surface area contributed by atoms with Gasteiger partial charge in [0.15, 0.2) is 6.61 Å². The molecule has 0 bridgehead atoms. The van der Waals surface area contributed by atoms with Gasteiger partial charge in [-0.3, -0.25) is 0 Å². The van der Waals surface area contributed by atoms with Crippen molar-refractivity contribution in [3.05, 3.63) is 17.7 Å². The number of carbonyl (C=O) groups is 1. The van der Waals surface area contributed by atoms with E-state index in [4.69, 9.17) is 14.2 Å². The van der Waals surface area contributed by atoms with E-state index in [9.17, 15) is 13.6 Å². The minimum Gasteiger partial charge on any atom is -0.496 e. The van der Waals surface area contributed by atoms with Crippen LogP contribution in [0.4, 0.5) is 13.6 Å². The Morgan fingerprint density at radius 3 is 2.24 bits per heavy atom. The number of benzene rings is 1. The van der Waals surface area contributed by atoms with E-state index >= 15 is 0 Å². The summed E-state index contributed by atoms with van der Waals surface area (Å²) in [4.78, 5) is 11.3. The standard InChI is InChI=1S/C13H15F2NO5/c1-18-7-4-8(19-2)10(9(5-7)20-3)11-13(14,15)6-21-12(17)16-11/h4-5,11H,6H2,1-3H3,(H,16,17)/t11-/m0/s1. The Morgan fingerprint density at radius 1 is 1.19 bits per heavy atom. The SMILES string of the molecule is COc1cc(OC)c([C@@H]2NC(=O)OCC2(F)F)c(OC)c1. The topological polar surface area (TPSA) is 66.0 Å². The second-order valence-corrected chi connectivity index (χ2v) is 4.36. The van der Waals surface area contributed by atoms with Gasteiger partial charge in [-0.1, -0.05) is 0 Å². The van der Waals surface area contributed by atoms with Crippen LogP contribution in [0, 0.1) is 0 Å². The average molecular weight is 303 g/mol. The number of rotatable bonds is 4. The van der Waals surface area contributed by atoms with Crippen LogP contribution in [-0.4, -0.2) is 40.0 Å². The summed E-state index contributed by atoms with van der Waals surface area (Å²) in [7, 11) is 4.09. The van der Waals surface area contributed by atoms with Crippen molar-refractivity contribution in [1.82, 2.24) is 5.32 Å². The van der Waals surface area contributed by atoms with Gasteiger partial charge in [-0.15, -0.1) is 0 Å². The molecule has 1 aliphatic heterocycles. The molecule has 1 atom stereocenters. The maximum atomic E-state index is 14.1. The lowest BCUT2D eigenvalue weighted by Crippen LogP contribution is -2.49. The molecular formula is C13H15F2NO5. The molecule has 2 rings (SSSR count). The van der Waals surface area contributed by atoms with Gasteiger partial charge in [0.1, 0.15) is 23.3 Å². The van der Waals surface area contributed by atoms with Crippen molar-refractivity contribution in [1.29, 1.82) is 0 Å². The van der Waals surface area contributed by atoms with Gasteiger partial charge < -0.3 is 24.3 Å². The maximum absolute atomic E-state index is 14.1. The fourth-order valence-electron chi connectivity index (χ4n) is 2.11. The fourth-order valence-corrected chi connectivity index (χ4v) is 2.11. The molecule has 0 radical (unpaired) electrons. The predicted octanol–water partition coefficient (Wildman–Crippen LogP) is 2.13. The highest BCUT2D eigenvalue weighted by atomic mass is 19.3. The predicted molar refractivity (Wildman–Crippen MR) is 68.3 cm³/mol. The molecule has 0 saturated carbocycles. The third kappa shape index (κ3) is 2.79. The first-order valence-corrected chi connectivity index (χ1v) is 6.04. The summed E-state index contributed by atoms with van der Waals surface area (Å²) in [5.74, 6) is -2.67. The van der Waals surface area contributed by atoms with Gasteiger partial charge in [-0.25, -0.2) is 13.6 Å². The highest BCUT2D eigenvalue weighted by molar-refractivity contribution is 5.70. The van der Waals surface area contributed by atoms with Crippen molar-refractivity contribution in [2.45, 2.75) is 12.0 Å². The van der Waals surface area contributed by atoms with Crippen LogP contribution >= 0.6 is 0 Å². The highest BCUT2D eigenvalue weighted by Gasteiger charge is 2.49. The summed E-state index contributed by atoms with van der Waals surface area (Å²) >= 11 is 0. The molecule has 116 valence electrons. The van der Waals surface area contributed by atoms with Crippen molar-refractivity contribution in [2.24, 2.45) is 0 Å². The van der Waals surface area contributed by atoms with Crippen LogP contribution in [0.1, 0.15) is 11.6 Å². The Labute approximate surface area is 119 Å². The Balaban J connectivity index is 2.57. The molecule has 1 aliphatic rings. The van der Waals surface area contributed by atoms with E-state index in [0.717, 1.165) is 0 Å². The number of alkyl halides is 2. The molecule has 1 saturated heterocycles. The van der Waals surface area contributed by atoms with Gasteiger partial charge >= 0.3 is 12.0 Å². The number of carbonyl (C=O) groups excluding carboxylic acids is 1. The average Bonchev–Trinajstić information content (AvgIpc) is 2.48. The van der Waals surface area contributed by atoms with Crippen LogP contribution in [-0.2, 0) is 4.74 Å². The van der Waals surface area contributed by atoms with Gasteiger partial charge in [-0.05, 0) is 0 Å². The summed E-state index contributed by atoms with van der Waals surface area (Å²) < 4.78 is 47.8. The minimum absolute atomic E-state index is 0.0300. The van der Waals surface area contributed by atoms with Crippen LogP contribution < -0.4 is 19.5 Å². The summed E-state index contributed by atoms with van der Waals surface area (Å²) in [5, 5.41) is 2.10. The van der Waals surface area contributed by atoms with Crippen molar-refractivity contribution >= 4 is 6.09 Å². The van der Waals surface area contributed by atoms with Gasteiger partial charge in [-0.2, -0.15) is 0 Å².